The van der Waals surface area contributed by atoms with Crippen molar-refractivity contribution >= 4 is 0 Å². The number of hydrogen-bond donors (Lipinski definition) is 1. The van der Waals surface area contributed by atoms with E-state index in [0.29, 0.717) is 5.41 Å². The minimum Gasteiger partial charge on any atom is -0.380 e. The topological polar surface area (TPSA) is 24.5 Å². The van der Waals surface area contributed by atoms with Gasteiger partial charge in [-0.15, -0.1) is 0 Å². The molecule has 0 aromatic heterocycles. The number of piperidine rings is 1. The van der Waals surface area contributed by atoms with E-state index in [4.69, 9.17) is 4.74 Å². The average molecular weight is 256 g/mol. The lowest BCUT2D eigenvalue weighted by molar-refractivity contribution is 0.112. The summed E-state index contributed by atoms with van der Waals surface area (Å²) >= 11 is 0. The molecule has 1 rings (SSSR count). The van der Waals surface area contributed by atoms with E-state index < -0.39 is 0 Å². The van der Waals surface area contributed by atoms with E-state index >= 15 is 0 Å². The van der Waals surface area contributed by atoms with Crippen LogP contribution in [-0.2, 0) is 4.74 Å². The maximum atomic E-state index is 5.61. The van der Waals surface area contributed by atoms with Gasteiger partial charge in [-0.2, -0.15) is 0 Å². The Labute approximate surface area is 113 Å². The molecular formula is C15H32N2O. The molecule has 0 amide bonds. The monoisotopic (exact) mass is 256 g/mol. The maximum Gasteiger partial charge on any atom is 0.0590 e. The second-order valence-electron chi connectivity index (χ2n) is 6.59. The molecule has 0 spiro atoms. The number of hydrogen-bond acceptors (Lipinski definition) is 3. The van der Waals surface area contributed by atoms with E-state index in [0.717, 1.165) is 32.2 Å². The number of nitrogens with zero attached hydrogens (tertiary/aromatic N) is 1. The van der Waals surface area contributed by atoms with Crippen molar-refractivity contribution in [3.05, 3.63) is 0 Å². The summed E-state index contributed by atoms with van der Waals surface area (Å²) in [4.78, 5) is 2.43. The van der Waals surface area contributed by atoms with Crippen LogP contribution >= 0.6 is 0 Å². The Morgan fingerprint density at radius 2 is 1.89 bits per heavy atom. The summed E-state index contributed by atoms with van der Waals surface area (Å²) in [5.41, 5.74) is 0.491. The fourth-order valence-corrected chi connectivity index (χ4v) is 2.29. The van der Waals surface area contributed by atoms with E-state index in [-0.39, 0.29) is 0 Å². The van der Waals surface area contributed by atoms with Crippen LogP contribution in [0.2, 0.25) is 0 Å². The zero-order chi connectivity index (χ0) is 13.4. The number of rotatable bonds is 8. The second-order valence-corrected chi connectivity index (χ2v) is 6.59. The third-order valence-electron chi connectivity index (χ3n) is 4.01. The van der Waals surface area contributed by atoms with Crippen molar-refractivity contribution in [1.82, 2.24) is 10.2 Å². The van der Waals surface area contributed by atoms with Crippen LogP contribution in [0.1, 0.15) is 40.0 Å². The van der Waals surface area contributed by atoms with Crippen LogP contribution in [0.5, 0.6) is 0 Å². The smallest absolute Gasteiger partial charge is 0.0590 e. The quantitative estimate of drug-likeness (QED) is 0.675. The van der Waals surface area contributed by atoms with Crippen molar-refractivity contribution < 1.29 is 4.74 Å². The van der Waals surface area contributed by atoms with E-state index in [1.165, 1.54) is 32.4 Å². The molecule has 0 aliphatic carbocycles. The lowest BCUT2D eigenvalue weighted by Crippen LogP contribution is -2.42. The molecule has 0 atom stereocenters. The first-order valence-electron chi connectivity index (χ1n) is 7.49. The van der Waals surface area contributed by atoms with Gasteiger partial charge in [0, 0.05) is 19.7 Å². The molecule has 3 heteroatoms. The number of nitrogens with one attached hydrogen (secondary N) is 1. The van der Waals surface area contributed by atoms with Crippen molar-refractivity contribution in [3.8, 4) is 0 Å². The zero-order valence-electron chi connectivity index (χ0n) is 12.8. The molecule has 18 heavy (non-hydrogen) atoms. The maximum absolute atomic E-state index is 5.61. The lowest BCUT2D eigenvalue weighted by atomic mass is 9.80. The van der Waals surface area contributed by atoms with Gasteiger partial charge in [0.2, 0.25) is 0 Å². The highest BCUT2D eigenvalue weighted by molar-refractivity contribution is 4.83. The highest BCUT2D eigenvalue weighted by atomic mass is 16.5. The SMILES string of the molecule is CC(C)CCOCCNCC1(C)CCN(C)CC1. The first-order chi connectivity index (χ1) is 8.52. The molecule has 0 aromatic rings. The fraction of sp³-hybridized carbons (Fsp3) is 1.00. The van der Waals surface area contributed by atoms with E-state index in [9.17, 15) is 0 Å². The summed E-state index contributed by atoms with van der Waals surface area (Å²) in [5.74, 6) is 0.746. The van der Waals surface area contributed by atoms with Crippen LogP contribution < -0.4 is 5.32 Å². The average Bonchev–Trinajstić information content (AvgIpc) is 2.32. The van der Waals surface area contributed by atoms with Crippen molar-refractivity contribution in [1.29, 1.82) is 0 Å². The second kappa shape index (κ2) is 8.13. The Morgan fingerprint density at radius 1 is 1.22 bits per heavy atom. The molecule has 3 nitrogen and oxygen atoms in total. The summed E-state index contributed by atoms with van der Waals surface area (Å²) in [6.45, 7) is 13.2. The molecule has 1 aliphatic heterocycles. The van der Waals surface area contributed by atoms with Gasteiger partial charge < -0.3 is 15.0 Å². The first kappa shape index (κ1) is 15.9. The highest BCUT2D eigenvalue weighted by Gasteiger charge is 2.27. The van der Waals surface area contributed by atoms with Crippen LogP contribution in [0.4, 0.5) is 0 Å². The highest BCUT2D eigenvalue weighted by Crippen LogP contribution is 2.29. The lowest BCUT2D eigenvalue weighted by Gasteiger charge is -2.38. The van der Waals surface area contributed by atoms with Gasteiger partial charge in [-0.1, -0.05) is 20.8 Å². The van der Waals surface area contributed by atoms with Crippen molar-refractivity contribution in [2.45, 2.75) is 40.0 Å². The minimum atomic E-state index is 0.491. The normalized spacial score (nSPS) is 20.5. The van der Waals surface area contributed by atoms with Gasteiger partial charge in [0.25, 0.3) is 0 Å². The summed E-state index contributed by atoms with van der Waals surface area (Å²) in [6, 6.07) is 0. The minimum absolute atomic E-state index is 0.491. The predicted octanol–water partition coefficient (Wildman–Crippen LogP) is 2.37. The van der Waals surface area contributed by atoms with Crippen molar-refractivity contribution in [2.24, 2.45) is 11.3 Å². The molecule has 1 fully saturated rings. The van der Waals surface area contributed by atoms with Gasteiger partial charge in [-0.3, -0.25) is 0 Å². The molecule has 0 saturated carbocycles. The Bertz CT molecular complexity index is 211. The summed E-state index contributed by atoms with van der Waals surface area (Å²) < 4.78 is 5.61. The van der Waals surface area contributed by atoms with Crippen LogP contribution in [0, 0.1) is 11.3 Å². The zero-order valence-corrected chi connectivity index (χ0v) is 12.8. The van der Waals surface area contributed by atoms with E-state index in [1.807, 2.05) is 0 Å². The Balaban J connectivity index is 1.97. The molecule has 1 saturated heterocycles. The summed E-state index contributed by atoms with van der Waals surface area (Å²) in [7, 11) is 2.22. The van der Waals surface area contributed by atoms with Gasteiger partial charge in [-0.05, 0) is 50.7 Å². The van der Waals surface area contributed by atoms with E-state index in [2.05, 4.69) is 38.0 Å². The fourth-order valence-electron chi connectivity index (χ4n) is 2.29. The summed E-state index contributed by atoms with van der Waals surface area (Å²) in [5, 5.41) is 3.56. The third-order valence-corrected chi connectivity index (χ3v) is 4.01. The van der Waals surface area contributed by atoms with Crippen LogP contribution in [0.3, 0.4) is 0 Å². The molecule has 1 heterocycles. The van der Waals surface area contributed by atoms with Crippen LogP contribution in [0.15, 0.2) is 0 Å². The number of likely N-dealkylation sites (tertiary alicyclic amines) is 1. The van der Waals surface area contributed by atoms with Crippen LogP contribution in [0.25, 0.3) is 0 Å². The molecule has 1 N–H and O–H groups in total. The van der Waals surface area contributed by atoms with Gasteiger partial charge in [-0.25, -0.2) is 0 Å². The molecule has 0 bridgehead atoms. The Morgan fingerprint density at radius 3 is 2.50 bits per heavy atom. The van der Waals surface area contributed by atoms with Gasteiger partial charge >= 0.3 is 0 Å². The number of ether oxygens (including phenoxy) is 1. The molecule has 1 aliphatic rings. The predicted molar refractivity (Wildman–Crippen MR) is 78.0 cm³/mol. The van der Waals surface area contributed by atoms with Gasteiger partial charge in [0.15, 0.2) is 0 Å². The molecular weight excluding hydrogens is 224 g/mol. The Hall–Kier alpha value is -0.120. The molecule has 0 radical (unpaired) electrons. The van der Waals surface area contributed by atoms with Crippen molar-refractivity contribution in [2.75, 3.05) is 46.4 Å². The first-order valence-corrected chi connectivity index (χ1v) is 7.49. The molecule has 108 valence electrons. The standard InChI is InChI=1S/C15H32N2O/c1-14(2)5-11-18-12-8-16-13-15(3)6-9-17(4)10-7-15/h14,16H,5-13H2,1-4H3. The van der Waals surface area contributed by atoms with Gasteiger partial charge in [0.1, 0.15) is 0 Å². The van der Waals surface area contributed by atoms with E-state index in [1.54, 1.807) is 0 Å². The van der Waals surface area contributed by atoms with Crippen LogP contribution in [-0.4, -0.2) is 51.3 Å². The molecule has 0 unspecified atom stereocenters. The summed E-state index contributed by atoms with van der Waals surface area (Å²) in [6.07, 6.45) is 3.79. The van der Waals surface area contributed by atoms with Gasteiger partial charge in [0.05, 0.1) is 6.61 Å². The van der Waals surface area contributed by atoms with Crippen molar-refractivity contribution in [3.63, 3.8) is 0 Å². The third kappa shape index (κ3) is 6.72. The molecule has 0 aromatic carbocycles. The largest absolute Gasteiger partial charge is 0.380 e. The Kier molecular flexibility index (Phi) is 7.20.